The van der Waals surface area contributed by atoms with Gasteiger partial charge in [0.15, 0.2) is 0 Å². The molecule has 19 heavy (non-hydrogen) atoms. The molecule has 0 nitrogen and oxygen atoms in total. The molecule has 0 bridgehead atoms. The largest absolute Gasteiger partial charge is 0.0725 e. The number of allylic oxidation sites excluding steroid dienone is 4. The molecule has 0 fully saturated rings. The first kappa shape index (κ1) is 12.2. The Labute approximate surface area is 115 Å². The second-order valence-corrected chi connectivity index (χ2v) is 6.31. The van der Waals surface area contributed by atoms with Crippen LogP contribution in [0, 0.1) is 5.41 Å². The van der Waals surface area contributed by atoms with Gasteiger partial charge in [-0.2, -0.15) is 0 Å². The average molecular weight is 248 g/mol. The van der Waals surface area contributed by atoms with E-state index in [9.17, 15) is 0 Å². The van der Waals surface area contributed by atoms with Gasteiger partial charge in [-0.05, 0) is 33.7 Å². The molecule has 0 N–H and O–H groups in total. The average Bonchev–Trinajstić information content (AvgIpc) is 2.87. The second kappa shape index (κ2) is 4.38. The molecule has 0 radical (unpaired) electrons. The molecule has 0 amide bonds. The van der Waals surface area contributed by atoms with Crippen LogP contribution in [0.15, 0.2) is 60.2 Å². The van der Waals surface area contributed by atoms with E-state index in [1.165, 1.54) is 27.5 Å². The maximum absolute atomic E-state index is 2.38. The van der Waals surface area contributed by atoms with Gasteiger partial charge in [0, 0.05) is 0 Å². The molecule has 0 spiro atoms. The van der Waals surface area contributed by atoms with Gasteiger partial charge in [0.2, 0.25) is 0 Å². The first-order valence-corrected chi connectivity index (χ1v) is 6.95. The lowest BCUT2D eigenvalue weighted by molar-refractivity contribution is 0.496. The summed E-state index contributed by atoms with van der Waals surface area (Å²) in [4.78, 5) is 0. The fraction of sp³-hybridized carbons (Fsp3) is 0.263. The van der Waals surface area contributed by atoms with Crippen molar-refractivity contribution < 1.29 is 0 Å². The van der Waals surface area contributed by atoms with Crippen LogP contribution in [0.2, 0.25) is 0 Å². The van der Waals surface area contributed by atoms with E-state index in [1.807, 2.05) is 0 Å². The molecule has 96 valence electrons. The molecular weight excluding hydrogens is 228 g/mol. The molecule has 0 saturated heterocycles. The van der Waals surface area contributed by atoms with Gasteiger partial charge in [-0.1, -0.05) is 81.0 Å². The molecule has 0 aliphatic heterocycles. The zero-order chi connectivity index (χ0) is 13.5. The topological polar surface area (TPSA) is 0 Å². The van der Waals surface area contributed by atoms with E-state index in [1.54, 1.807) is 0 Å². The summed E-state index contributed by atoms with van der Waals surface area (Å²) in [6, 6.07) is 15.2. The van der Waals surface area contributed by atoms with Crippen LogP contribution in [0.5, 0.6) is 0 Å². The van der Waals surface area contributed by atoms with Crippen LogP contribution in [0.3, 0.4) is 0 Å². The summed E-state index contributed by atoms with van der Waals surface area (Å²) >= 11 is 0. The van der Waals surface area contributed by atoms with Crippen LogP contribution < -0.4 is 0 Å². The number of fused-ring (bicyclic) bond motifs is 1. The molecule has 0 atom stereocenters. The molecule has 0 saturated carbocycles. The van der Waals surface area contributed by atoms with Crippen LogP contribution in [0.25, 0.3) is 16.3 Å². The summed E-state index contributed by atoms with van der Waals surface area (Å²) in [5.74, 6) is 0. The first-order chi connectivity index (χ1) is 9.05. The zero-order valence-electron chi connectivity index (χ0n) is 11.9. The van der Waals surface area contributed by atoms with E-state index in [2.05, 4.69) is 75.4 Å². The monoisotopic (exact) mass is 248 g/mol. The third-order valence-corrected chi connectivity index (χ3v) is 3.94. The first-order valence-electron chi connectivity index (χ1n) is 6.95. The van der Waals surface area contributed by atoms with Crippen molar-refractivity contribution in [2.24, 2.45) is 5.41 Å². The highest BCUT2D eigenvalue weighted by Gasteiger charge is 2.20. The van der Waals surface area contributed by atoms with Gasteiger partial charge >= 0.3 is 0 Å². The van der Waals surface area contributed by atoms with Gasteiger partial charge in [-0.15, -0.1) is 0 Å². The summed E-state index contributed by atoms with van der Waals surface area (Å²) in [6.07, 6.45) is 5.83. The Kier molecular flexibility index (Phi) is 2.82. The Hall–Kier alpha value is -1.82. The molecular formula is C19H20. The van der Waals surface area contributed by atoms with Crippen LogP contribution >= 0.6 is 0 Å². The third-order valence-electron chi connectivity index (χ3n) is 3.94. The minimum atomic E-state index is 0.267. The van der Waals surface area contributed by atoms with E-state index in [-0.39, 0.29) is 5.41 Å². The molecule has 0 heteroatoms. The quantitative estimate of drug-likeness (QED) is 0.616. The van der Waals surface area contributed by atoms with E-state index in [0.717, 1.165) is 6.42 Å². The lowest BCUT2D eigenvalue weighted by atomic mass is 9.85. The predicted molar refractivity (Wildman–Crippen MR) is 84.1 cm³/mol. The molecule has 3 rings (SSSR count). The van der Waals surface area contributed by atoms with Crippen molar-refractivity contribution in [1.29, 1.82) is 0 Å². The van der Waals surface area contributed by atoms with Crippen molar-refractivity contribution in [1.82, 2.24) is 0 Å². The summed E-state index contributed by atoms with van der Waals surface area (Å²) < 4.78 is 0. The van der Waals surface area contributed by atoms with Crippen molar-refractivity contribution in [2.45, 2.75) is 27.2 Å². The van der Waals surface area contributed by atoms with Crippen molar-refractivity contribution in [3.63, 3.8) is 0 Å². The van der Waals surface area contributed by atoms with Gasteiger partial charge in [-0.25, -0.2) is 0 Å². The SMILES string of the molecule is CC(C)(C)C1=CC(c2cccc3ccccc23)=CC1. The van der Waals surface area contributed by atoms with Crippen molar-refractivity contribution in [2.75, 3.05) is 0 Å². The van der Waals surface area contributed by atoms with Crippen LogP contribution in [0.1, 0.15) is 32.8 Å². The number of benzene rings is 2. The third kappa shape index (κ3) is 2.23. The van der Waals surface area contributed by atoms with Crippen LogP contribution in [-0.4, -0.2) is 0 Å². The minimum absolute atomic E-state index is 0.267. The van der Waals surface area contributed by atoms with Gasteiger partial charge in [-0.3, -0.25) is 0 Å². The normalized spacial score (nSPS) is 15.5. The van der Waals surface area contributed by atoms with Crippen molar-refractivity contribution in [3.8, 4) is 0 Å². The summed E-state index contributed by atoms with van der Waals surface area (Å²) in [5, 5.41) is 2.67. The highest BCUT2D eigenvalue weighted by atomic mass is 14.3. The smallest absolute Gasteiger partial charge is 0.0106 e. The second-order valence-electron chi connectivity index (χ2n) is 6.31. The fourth-order valence-corrected chi connectivity index (χ4v) is 2.71. The van der Waals surface area contributed by atoms with E-state index < -0.39 is 0 Å². The maximum Gasteiger partial charge on any atom is -0.0106 e. The Balaban J connectivity index is 2.10. The minimum Gasteiger partial charge on any atom is -0.0725 e. The molecule has 0 unspecified atom stereocenters. The summed E-state index contributed by atoms with van der Waals surface area (Å²) in [6.45, 7) is 6.87. The van der Waals surface area contributed by atoms with Gasteiger partial charge < -0.3 is 0 Å². The maximum atomic E-state index is 2.38. The Morgan fingerprint density at radius 1 is 0.895 bits per heavy atom. The molecule has 1 aliphatic carbocycles. The van der Waals surface area contributed by atoms with Gasteiger partial charge in [0.25, 0.3) is 0 Å². The van der Waals surface area contributed by atoms with Crippen LogP contribution in [-0.2, 0) is 0 Å². The standard InChI is InChI=1S/C19H20/c1-19(2,3)16-12-11-15(13-16)18-10-6-8-14-7-4-5-9-17(14)18/h4-11,13H,12H2,1-3H3. The molecule has 0 aromatic heterocycles. The summed E-state index contributed by atoms with van der Waals surface area (Å²) in [5.41, 5.74) is 4.53. The van der Waals surface area contributed by atoms with Crippen molar-refractivity contribution in [3.05, 3.63) is 65.8 Å². The van der Waals surface area contributed by atoms with Gasteiger partial charge in [0.1, 0.15) is 0 Å². The molecule has 2 aromatic carbocycles. The molecule has 0 heterocycles. The number of hydrogen-bond acceptors (Lipinski definition) is 0. The van der Waals surface area contributed by atoms with E-state index in [0.29, 0.717) is 0 Å². The van der Waals surface area contributed by atoms with Crippen molar-refractivity contribution >= 4 is 16.3 Å². The summed E-state index contributed by atoms with van der Waals surface area (Å²) in [7, 11) is 0. The Morgan fingerprint density at radius 2 is 1.63 bits per heavy atom. The fourth-order valence-electron chi connectivity index (χ4n) is 2.71. The Bertz CT molecular complexity index is 673. The van der Waals surface area contributed by atoms with Crippen LogP contribution in [0.4, 0.5) is 0 Å². The highest BCUT2D eigenvalue weighted by Crippen LogP contribution is 2.38. The zero-order valence-corrected chi connectivity index (χ0v) is 11.9. The van der Waals surface area contributed by atoms with E-state index >= 15 is 0 Å². The predicted octanol–water partition coefficient (Wildman–Crippen LogP) is 5.60. The molecule has 2 aromatic rings. The lowest BCUT2D eigenvalue weighted by Crippen LogP contribution is -2.07. The van der Waals surface area contributed by atoms with E-state index in [4.69, 9.17) is 0 Å². The van der Waals surface area contributed by atoms with Gasteiger partial charge in [0.05, 0.1) is 0 Å². The lowest BCUT2D eigenvalue weighted by Gasteiger charge is -2.19. The number of rotatable bonds is 1. The Morgan fingerprint density at radius 3 is 2.37 bits per heavy atom. The number of hydrogen-bond donors (Lipinski definition) is 0. The molecule has 1 aliphatic rings. The highest BCUT2D eigenvalue weighted by molar-refractivity contribution is 5.96.